The summed E-state index contributed by atoms with van der Waals surface area (Å²) in [6, 6.07) is 4.00. The molecule has 1 N–H and O–H groups in total. The molecule has 1 aliphatic rings. The van der Waals surface area contributed by atoms with E-state index in [0.717, 1.165) is 23.5 Å². The summed E-state index contributed by atoms with van der Waals surface area (Å²) < 4.78 is 3.89. The second-order valence-electron chi connectivity index (χ2n) is 6.83. The van der Waals surface area contributed by atoms with E-state index in [2.05, 4.69) is 26.4 Å². The van der Waals surface area contributed by atoms with Crippen molar-refractivity contribution in [3.05, 3.63) is 47.8 Å². The van der Waals surface area contributed by atoms with Crippen molar-refractivity contribution in [1.82, 2.24) is 34.4 Å². The summed E-state index contributed by atoms with van der Waals surface area (Å²) in [4.78, 5) is 23.2. The number of carbonyl (C=O) groups is 1. The van der Waals surface area contributed by atoms with Gasteiger partial charge in [0.1, 0.15) is 0 Å². The van der Waals surface area contributed by atoms with Gasteiger partial charge in [-0.15, -0.1) is 0 Å². The number of likely N-dealkylation sites (tertiary alicyclic amines) is 1. The Kier molecular flexibility index (Phi) is 4.10. The number of aryl methyl sites for hydroxylation is 2. The van der Waals surface area contributed by atoms with E-state index in [4.69, 9.17) is 0 Å². The Morgan fingerprint density at radius 2 is 2.19 bits per heavy atom. The van der Waals surface area contributed by atoms with Crippen molar-refractivity contribution in [3.63, 3.8) is 0 Å². The molecule has 4 rings (SSSR count). The molecule has 26 heavy (non-hydrogen) atoms. The van der Waals surface area contributed by atoms with Crippen LogP contribution in [0, 0.1) is 13.8 Å². The molecule has 0 bridgehead atoms. The van der Waals surface area contributed by atoms with Gasteiger partial charge >= 0.3 is 6.03 Å². The van der Waals surface area contributed by atoms with Gasteiger partial charge in [0.2, 0.25) is 5.78 Å². The lowest BCUT2D eigenvalue weighted by Crippen LogP contribution is -2.55. The fraction of sp³-hybridized carbons (Fsp3) is 0.444. The summed E-state index contributed by atoms with van der Waals surface area (Å²) in [5.41, 5.74) is 2.98. The van der Waals surface area contributed by atoms with Crippen LogP contribution in [0.2, 0.25) is 0 Å². The van der Waals surface area contributed by atoms with Crippen LogP contribution in [0.3, 0.4) is 0 Å². The highest BCUT2D eigenvalue weighted by Gasteiger charge is 2.34. The minimum absolute atomic E-state index is 0.0559. The second kappa shape index (κ2) is 6.44. The fourth-order valence-electron chi connectivity index (χ4n) is 3.43. The molecule has 2 amide bonds. The van der Waals surface area contributed by atoms with Crippen LogP contribution in [0.15, 0.2) is 30.7 Å². The van der Waals surface area contributed by atoms with Crippen molar-refractivity contribution < 1.29 is 4.79 Å². The van der Waals surface area contributed by atoms with Crippen molar-refractivity contribution >= 4 is 11.8 Å². The molecule has 1 unspecified atom stereocenters. The molecule has 0 aromatic carbocycles. The zero-order valence-corrected chi connectivity index (χ0v) is 15.3. The highest BCUT2D eigenvalue weighted by Crippen LogP contribution is 2.24. The van der Waals surface area contributed by atoms with E-state index >= 15 is 0 Å². The summed E-state index contributed by atoms with van der Waals surface area (Å²) in [6.07, 6.45) is 6.31. The third kappa shape index (κ3) is 2.91. The molecule has 1 fully saturated rings. The summed E-state index contributed by atoms with van der Waals surface area (Å²) in [6.45, 7) is 7.43. The first-order chi connectivity index (χ1) is 12.5. The Bertz CT molecular complexity index is 905. The van der Waals surface area contributed by atoms with E-state index < -0.39 is 0 Å². The predicted molar refractivity (Wildman–Crippen MR) is 96.9 cm³/mol. The first kappa shape index (κ1) is 16.6. The molecule has 4 heterocycles. The molecule has 0 spiro atoms. The summed E-state index contributed by atoms with van der Waals surface area (Å²) in [7, 11) is 0. The number of hydrogen-bond donors (Lipinski definition) is 1. The maximum absolute atomic E-state index is 12.6. The number of rotatable bonds is 4. The van der Waals surface area contributed by atoms with Gasteiger partial charge < -0.3 is 10.2 Å². The van der Waals surface area contributed by atoms with Crippen LogP contribution in [0.1, 0.15) is 42.5 Å². The number of fused-ring (bicyclic) bond motifs is 1. The molecule has 136 valence electrons. The first-order valence-corrected chi connectivity index (χ1v) is 8.93. The minimum atomic E-state index is -0.128. The van der Waals surface area contributed by atoms with Crippen molar-refractivity contribution in [2.75, 3.05) is 13.1 Å². The molecule has 3 aromatic heterocycles. The number of aromatic nitrogens is 5. The zero-order chi connectivity index (χ0) is 18.3. The molecular weight excluding hydrogens is 330 g/mol. The number of hydrogen-bond acceptors (Lipinski definition) is 4. The zero-order valence-electron chi connectivity index (χ0n) is 15.3. The van der Waals surface area contributed by atoms with E-state index in [1.54, 1.807) is 6.20 Å². The lowest BCUT2D eigenvalue weighted by Gasteiger charge is -2.40. The molecule has 8 nitrogen and oxygen atoms in total. The Morgan fingerprint density at radius 3 is 2.85 bits per heavy atom. The average molecular weight is 353 g/mol. The highest BCUT2D eigenvalue weighted by atomic mass is 16.2. The number of imidazole rings is 1. The standard InChI is InChI=1S/C18H23N7O/c1-4-15(16-11-23-7-5-6-19-17(23)20-16)21-18(26)24-9-14(10-24)25-13(3)8-12(2)22-25/h5-8,11,14-15H,4,9-10H2,1-3H3,(H,21,26). The van der Waals surface area contributed by atoms with Gasteiger partial charge in [0.05, 0.1) is 23.5 Å². The van der Waals surface area contributed by atoms with Crippen LogP contribution in [-0.4, -0.2) is 48.2 Å². The van der Waals surface area contributed by atoms with E-state index in [0.29, 0.717) is 18.9 Å². The van der Waals surface area contributed by atoms with Crippen molar-refractivity contribution in [1.29, 1.82) is 0 Å². The van der Waals surface area contributed by atoms with Crippen LogP contribution in [0.4, 0.5) is 4.79 Å². The molecular formula is C18H23N7O. The van der Waals surface area contributed by atoms with Gasteiger partial charge in [-0.1, -0.05) is 6.92 Å². The third-order valence-corrected chi connectivity index (χ3v) is 4.86. The Hall–Kier alpha value is -2.90. The normalized spacial score (nSPS) is 15.9. The van der Waals surface area contributed by atoms with E-state index in [-0.39, 0.29) is 18.1 Å². The summed E-state index contributed by atoms with van der Waals surface area (Å²) >= 11 is 0. The number of amides is 2. The molecule has 1 saturated heterocycles. The molecule has 0 saturated carbocycles. The first-order valence-electron chi connectivity index (χ1n) is 8.93. The number of nitrogens with zero attached hydrogens (tertiary/aromatic N) is 6. The minimum Gasteiger partial charge on any atom is -0.330 e. The van der Waals surface area contributed by atoms with Gasteiger partial charge in [0, 0.05) is 37.4 Å². The summed E-state index contributed by atoms with van der Waals surface area (Å²) in [5, 5.41) is 7.61. The van der Waals surface area contributed by atoms with Gasteiger partial charge in [-0.3, -0.25) is 9.08 Å². The fourth-order valence-corrected chi connectivity index (χ4v) is 3.43. The Balaban J connectivity index is 1.40. The predicted octanol–water partition coefficient (Wildman–Crippen LogP) is 2.26. The van der Waals surface area contributed by atoms with Crippen LogP contribution in [0.25, 0.3) is 5.78 Å². The average Bonchev–Trinajstić information content (AvgIpc) is 3.14. The SMILES string of the molecule is CCC(NC(=O)N1CC(n2nc(C)cc2C)C1)c1cn2cccnc2n1. The molecule has 1 aliphatic heterocycles. The number of urea groups is 1. The number of carbonyl (C=O) groups excluding carboxylic acids is 1. The third-order valence-electron chi connectivity index (χ3n) is 4.86. The second-order valence-corrected chi connectivity index (χ2v) is 6.83. The van der Waals surface area contributed by atoms with Crippen molar-refractivity contribution in [2.24, 2.45) is 0 Å². The van der Waals surface area contributed by atoms with Crippen LogP contribution in [-0.2, 0) is 0 Å². The van der Waals surface area contributed by atoms with Gasteiger partial charge in [0.15, 0.2) is 0 Å². The van der Waals surface area contributed by atoms with E-state index in [1.807, 2.05) is 53.2 Å². The Labute approximate surface area is 151 Å². The topological polar surface area (TPSA) is 80.4 Å². The van der Waals surface area contributed by atoms with Crippen molar-refractivity contribution in [2.45, 2.75) is 39.3 Å². The van der Waals surface area contributed by atoms with Crippen LogP contribution in [0.5, 0.6) is 0 Å². The smallest absolute Gasteiger partial charge is 0.318 e. The van der Waals surface area contributed by atoms with E-state index in [1.165, 1.54) is 0 Å². The van der Waals surface area contributed by atoms with Gasteiger partial charge in [-0.05, 0) is 32.4 Å². The lowest BCUT2D eigenvalue weighted by atomic mass is 10.1. The quantitative estimate of drug-likeness (QED) is 0.780. The molecule has 8 heteroatoms. The van der Waals surface area contributed by atoms with E-state index in [9.17, 15) is 4.79 Å². The Morgan fingerprint density at radius 1 is 1.38 bits per heavy atom. The highest BCUT2D eigenvalue weighted by molar-refractivity contribution is 5.75. The maximum atomic E-state index is 12.6. The molecule has 0 radical (unpaired) electrons. The van der Waals surface area contributed by atoms with Gasteiger partial charge in [-0.25, -0.2) is 14.8 Å². The van der Waals surface area contributed by atoms with Gasteiger partial charge in [-0.2, -0.15) is 5.10 Å². The van der Waals surface area contributed by atoms with Crippen LogP contribution >= 0.6 is 0 Å². The summed E-state index contributed by atoms with van der Waals surface area (Å²) in [5.74, 6) is 0.642. The maximum Gasteiger partial charge on any atom is 0.318 e. The number of nitrogens with one attached hydrogen (secondary N) is 1. The van der Waals surface area contributed by atoms with Crippen LogP contribution < -0.4 is 5.32 Å². The largest absolute Gasteiger partial charge is 0.330 e. The van der Waals surface area contributed by atoms with Crippen molar-refractivity contribution in [3.8, 4) is 0 Å². The molecule has 3 aromatic rings. The van der Waals surface area contributed by atoms with Gasteiger partial charge in [0.25, 0.3) is 0 Å². The molecule has 0 aliphatic carbocycles. The molecule has 1 atom stereocenters. The monoisotopic (exact) mass is 353 g/mol. The lowest BCUT2D eigenvalue weighted by molar-refractivity contribution is 0.114.